The fourth-order valence-corrected chi connectivity index (χ4v) is 5.89. The lowest BCUT2D eigenvalue weighted by molar-refractivity contribution is -0.138. The predicted octanol–water partition coefficient (Wildman–Crippen LogP) is 6.53. The van der Waals surface area contributed by atoms with E-state index in [2.05, 4.69) is 30.8 Å². The number of hydrogen-bond acceptors (Lipinski definition) is 7. The highest BCUT2D eigenvalue weighted by molar-refractivity contribution is 9.10. The van der Waals surface area contributed by atoms with Gasteiger partial charge in [0.25, 0.3) is 0 Å². The van der Waals surface area contributed by atoms with Crippen LogP contribution in [0.2, 0.25) is 0 Å². The monoisotopic (exact) mass is 652 g/mol. The molecule has 0 spiro atoms. The molecule has 3 aliphatic heterocycles. The highest BCUT2D eigenvalue weighted by Crippen LogP contribution is 2.41. The number of nitrogens with zero attached hydrogens (tertiary/aromatic N) is 4. The molecule has 3 aliphatic rings. The number of carbonyl (C=O) groups is 1. The van der Waals surface area contributed by atoms with Crippen molar-refractivity contribution < 1.29 is 41.0 Å². The van der Waals surface area contributed by atoms with Gasteiger partial charge in [-0.2, -0.15) is 23.1 Å². The van der Waals surface area contributed by atoms with Crippen LogP contribution in [0.5, 0.6) is 11.9 Å². The molecule has 5 rings (SSSR count). The average Bonchev–Trinajstić information content (AvgIpc) is 3.55. The second kappa shape index (κ2) is 12.0. The smallest absolute Gasteiger partial charge is 0.417 e. The Morgan fingerprint density at radius 1 is 1.15 bits per heavy atom. The van der Waals surface area contributed by atoms with Crippen LogP contribution >= 0.6 is 15.9 Å². The Morgan fingerprint density at radius 3 is 2.46 bits per heavy atom. The lowest BCUT2D eigenvalue weighted by Crippen LogP contribution is -2.42. The normalized spacial score (nSPS) is 24.7. The van der Waals surface area contributed by atoms with Gasteiger partial charge in [-0.05, 0) is 75.5 Å². The van der Waals surface area contributed by atoms with Crippen molar-refractivity contribution in [2.24, 2.45) is 0 Å². The van der Waals surface area contributed by atoms with Crippen molar-refractivity contribution in [3.8, 4) is 11.9 Å². The summed E-state index contributed by atoms with van der Waals surface area (Å²) in [4.78, 5) is 24.0. The maximum absolute atomic E-state index is 14.8. The lowest BCUT2D eigenvalue weighted by atomic mass is 10.1. The Bertz CT molecular complexity index is 1260. The number of amides is 1. The third-order valence-corrected chi connectivity index (χ3v) is 8.11. The third-order valence-electron chi connectivity index (χ3n) is 7.34. The number of fused-ring (bicyclic) bond motifs is 2. The Balaban J connectivity index is 0.000000360. The first-order valence-electron chi connectivity index (χ1n) is 13.4. The molecule has 4 heterocycles. The number of benzene rings is 1. The fourth-order valence-electron chi connectivity index (χ4n) is 5.36. The molecule has 4 atom stereocenters. The van der Waals surface area contributed by atoms with Crippen molar-refractivity contribution in [3.63, 3.8) is 0 Å². The molecule has 0 saturated carbocycles. The molecule has 0 radical (unpaired) electrons. The third kappa shape index (κ3) is 7.12. The van der Waals surface area contributed by atoms with Gasteiger partial charge < -0.3 is 19.1 Å². The molecule has 14 heteroatoms. The van der Waals surface area contributed by atoms with Gasteiger partial charge in [0.2, 0.25) is 5.88 Å². The van der Waals surface area contributed by atoms with Gasteiger partial charge in [0, 0.05) is 25.6 Å². The summed E-state index contributed by atoms with van der Waals surface area (Å²) in [5.41, 5.74) is -2.30. The van der Waals surface area contributed by atoms with Gasteiger partial charge in [-0.1, -0.05) is 0 Å². The van der Waals surface area contributed by atoms with E-state index in [9.17, 15) is 26.7 Å². The van der Waals surface area contributed by atoms with E-state index in [0.29, 0.717) is 25.6 Å². The molecule has 3 saturated heterocycles. The van der Waals surface area contributed by atoms with Crippen LogP contribution in [0.4, 0.5) is 26.7 Å². The predicted molar refractivity (Wildman–Crippen MR) is 144 cm³/mol. The van der Waals surface area contributed by atoms with Crippen molar-refractivity contribution in [2.75, 3.05) is 26.7 Å². The van der Waals surface area contributed by atoms with Gasteiger partial charge in [0.1, 0.15) is 23.4 Å². The molecule has 0 bridgehead atoms. The van der Waals surface area contributed by atoms with Crippen molar-refractivity contribution in [1.29, 1.82) is 0 Å². The molecule has 4 unspecified atom stereocenters. The molecule has 8 nitrogen and oxygen atoms in total. The number of halogens is 6. The Kier molecular flexibility index (Phi) is 9.22. The first kappa shape index (κ1) is 31.5. The van der Waals surface area contributed by atoms with E-state index in [1.54, 1.807) is 27.7 Å². The molecular weight excluding hydrogens is 619 g/mol. The molecule has 41 heavy (non-hydrogen) atoms. The summed E-state index contributed by atoms with van der Waals surface area (Å²) < 4.78 is 83.1. The minimum absolute atomic E-state index is 0.262. The number of aromatic nitrogens is 2. The van der Waals surface area contributed by atoms with Crippen LogP contribution in [0.15, 0.2) is 10.5 Å². The summed E-state index contributed by atoms with van der Waals surface area (Å²) in [5.74, 6) is -1.48. The van der Waals surface area contributed by atoms with Crippen molar-refractivity contribution in [2.45, 2.75) is 89.5 Å². The van der Waals surface area contributed by atoms with E-state index in [1.165, 1.54) is 24.9 Å². The molecule has 1 aromatic carbocycles. The van der Waals surface area contributed by atoms with Crippen molar-refractivity contribution >= 4 is 32.9 Å². The van der Waals surface area contributed by atoms with E-state index >= 15 is 0 Å². The Morgan fingerprint density at radius 2 is 1.85 bits per heavy atom. The van der Waals surface area contributed by atoms with Gasteiger partial charge in [0.15, 0.2) is 5.82 Å². The number of likely N-dealkylation sites (tertiary alicyclic amines) is 1. The number of carbonyl (C=O) groups excluding carboxylic acids is 1. The second-order valence-electron chi connectivity index (χ2n) is 11.4. The topological polar surface area (TPSA) is 77.0 Å². The van der Waals surface area contributed by atoms with E-state index in [1.807, 2.05) is 0 Å². The number of hydrogen-bond donors (Lipinski definition) is 0. The quantitative estimate of drug-likeness (QED) is 0.349. The number of alkyl halides is 4. The summed E-state index contributed by atoms with van der Waals surface area (Å²) in [7, 11) is 1.24. The summed E-state index contributed by atoms with van der Waals surface area (Å²) in [6, 6.07) is 0.596. The highest BCUT2D eigenvalue weighted by atomic mass is 79.9. The standard InChI is InChI=1S/C20H22BrF4N3O4.C7H12FN/c1-9-12(6-7-28(9)18(29)32-19(2,3)4)31-16-10-8-11(20(23,24)25)13(21)14(22)15(10)26-17(27-16)30-5;8-6-4-7-2-1-3-9(7)5-6/h8-9,12H,6-7H2,1-5H3;6-7H,1-5H2. The summed E-state index contributed by atoms with van der Waals surface area (Å²) in [6.45, 7) is 9.11. The number of ether oxygens (including phenoxy) is 3. The van der Waals surface area contributed by atoms with E-state index in [-0.39, 0.29) is 22.8 Å². The van der Waals surface area contributed by atoms with E-state index in [4.69, 9.17) is 14.2 Å². The molecule has 1 amide bonds. The first-order valence-corrected chi connectivity index (χ1v) is 14.2. The fraction of sp³-hybridized carbons (Fsp3) is 0.667. The van der Waals surface area contributed by atoms with E-state index < -0.39 is 52.0 Å². The van der Waals surface area contributed by atoms with Gasteiger partial charge in [0.05, 0.1) is 28.6 Å². The van der Waals surface area contributed by atoms with Gasteiger partial charge in [-0.3, -0.25) is 4.90 Å². The zero-order valence-electron chi connectivity index (χ0n) is 23.5. The van der Waals surface area contributed by atoms with Crippen molar-refractivity contribution in [1.82, 2.24) is 19.8 Å². The Hall–Kier alpha value is -2.48. The summed E-state index contributed by atoms with van der Waals surface area (Å²) in [5, 5.41) is -0.262. The molecule has 3 fully saturated rings. The molecule has 1 aromatic heterocycles. The summed E-state index contributed by atoms with van der Waals surface area (Å²) in [6.07, 6.45) is -2.78. The van der Waals surface area contributed by atoms with Crippen LogP contribution in [0.3, 0.4) is 0 Å². The SMILES string of the molecule is COc1nc(OC2CCN(C(=O)OC(C)(C)C)C2C)c2cc(C(F)(F)F)c(Br)c(F)c2n1.FC1CC2CCCN2C1. The Labute approximate surface area is 243 Å². The first-order chi connectivity index (χ1) is 19.1. The minimum Gasteiger partial charge on any atom is -0.471 e. The zero-order valence-corrected chi connectivity index (χ0v) is 25.1. The van der Waals surface area contributed by atoms with Gasteiger partial charge >= 0.3 is 18.3 Å². The second-order valence-corrected chi connectivity index (χ2v) is 12.2. The van der Waals surface area contributed by atoms with Crippen LogP contribution in [0.1, 0.15) is 58.9 Å². The van der Waals surface area contributed by atoms with Gasteiger partial charge in [-0.25, -0.2) is 13.6 Å². The van der Waals surface area contributed by atoms with Crippen LogP contribution in [-0.2, 0) is 10.9 Å². The van der Waals surface area contributed by atoms with Crippen LogP contribution in [0.25, 0.3) is 10.9 Å². The summed E-state index contributed by atoms with van der Waals surface area (Å²) >= 11 is 2.66. The minimum atomic E-state index is -4.82. The maximum atomic E-state index is 14.8. The number of rotatable bonds is 3. The lowest BCUT2D eigenvalue weighted by Gasteiger charge is -2.28. The molecule has 0 aliphatic carbocycles. The maximum Gasteiger partial charge on any atom is 0.417 e. The molecule has 2 aromatic rings. The van der Waals surface area contributed by atoms with E-state index in [0.717, 1.165) is 19.0 Å². The molecule has 228 valence electrons. The van der Waals surface area contributed by atoms with Crippen LogP contribution < -0.4 is 9.47 Å². The molecular formula is C27H34BrF5N4O4. The van der Waals surface area contributed by atoms with Crippen molar-refractivity contribution in [3.05, 3.63) is 21.9 Å². The van der Waals surface area contributed by atoms with Gasteiger partial charge in [-0.15, -0.1) is 0 Å². The molecule has 0 N–H and O–H groups in total. The largest absolute Gasteiger partial charge is 0.471 e. The van der Waals surface area contributed by atoms with Crippen LogP contribution in [-0.4, -0.2) is 82.6 Å². The van der Waals surface area contributed by atoms with Crippen LogP contribution in [0, 0.1) is 5.82 Å². The zero-order chi connectivity index (χ0) is 30.3. The average molecular weight is 653 g/mol. The number of methoxy groups -OCH3 is 1. The highest BCUT2D eigenvalue weighted by Gasteiger charge is 2.40.